The summed E-state index contributed by atoms with van der Waals surface area (Å²) in [6.07, 6.45) is 0. The maximum Gasteiger partial charge on any atom is 0.0783 e. The van der Waals surface area contributed by atoms with Crippen LogP contribution in [0, 0.1) is 13.8 Å². The van der Waals surface area contributed by atoms with Crippen molar-refractivity contribution in [3.63, 3.8) is 0 Å². The zero-order chi connectivity index (χ0) is 11.1. The van der Waals surface area contributed by atoms with Crippen molar-refractivity contribution in [3.05, 3.63) is 53.7 Å². The lowest BCUT2D eigenvalue weighted by molar-refractivity contribution is 1.26. The molecule has 0 N–H and O–H groups in total. The largest absolute Gasteiger partial charge is 0.252 e. The van der Waals surface area contributed by atoms with Gasteiger partial charge in [-0.15, -0.1) is 0 Å². The Morgan fingerprint density at radius 2 is 1.50 bits per heavy atom. The molecule has 0 atom stereocenters. The van der Waals surface area contributed by atoms with Gasteiger partial charge in [-0.05, 0) is 31.4 Å². The molecule has 78 valence electrons. The molecule has 16 heavy (non-hydrogen) atoms. The smallest absolute Gasteiger partial charge is 0.0783 e. The summed E-state index contributed by atoms with van der Waals surface area (Å²) in [5.41, 5.74) is 3.46. The fourth-order valence-corrected chi connectivity index (χ4v) is 2.12. The van der Waals surface area contributed by atoms with Crippen molar-refractivity contribution in [2.24, 2.45) is 0 Å². The highest BCUT2D eigenvalue weighted by Crippen LogP contribution is 2.24. The van der Waals surface area contributed by atoms with E-state index < -0.39 is 0 Å². The predicted octanol–water partition coefficient (Wildman–Crippen LogP) is 4.00. The summed E-state index contributed by atoms with van der Waals surface area (Å²) < 4.78 is 0. The molecule has 1 heterocycles. The molecule has 0 amide bonds. The molecule has 1 nitrogen and oxygen atoms in total. The van der Waals surface area contributed by atoms with Gasteiger partial charge in [0.2, 0.25) is 0 Å². The molecular weight excluding hydrogens is 194 g/mol. The normalized spacial score (nSPS) is 11.1. The standard InChI is InChI=1S/C15H13N/c1-10-3-5-12-7-8-13-6-4-11(2)16-15(13)14(12)9-10/h3-9H,1-2H3. The van der Waals surface area contributed by atoms with Crippen molar-refractivity contribution in [1.82, 2.24) is 4.98 Å². The molecule has 0 saturated carbocycles. The van der Waals surface area contributed by atoms with Crippen LogP contribution in [0.15, 0.2) is 42.5 Å². The minimum Gasteiger partial charge on any atom is -0.252 e. The van der Waals surface area contributed by atoms with E-state index in [0.29, 0.717) is 0 Å². The Labute approximate surface area is 94.7 Å². The Morgan fingerprint density at radius 3 is 2.38 bits per heavy atom. The molecule has 0 aliphatic carbocycles. The lowest BCUT2D eigenvalue weighted by atomic mass is 10.0. The summed E-state index contributed by atoms with van der Waals surface area (Å²) in [6, 6.07) is 15.0. The first-order valence-corrected chi connectivity index (χ1v) is 5.51. The van der Waals surface area contributed by atoms with Gasteiger partial charge < -0.3 is 0 Å². The molecule has 0 bridgehead atoms. The van der Waals surface area contributed by atoms with Gasteiger partial charge in [0.25, 0.3) is 0 Å². The van der Waals surface area contributed by atoms with Gasteiger partial charge >= 0.3 is 0 Å². The quantitative estimate of drug-likeness (QED) is 0.508. The van der Waals surface area contributed by atoms with Crippen LogP contribution in [0.3, 0.4) is 0 Å². The van der Waals surface area contributed by atoms with E-state index in [4.69, 9.17) is 0 Å². The zero-order valence-corrected chi connectivity index (χ0v) is 9.49. The van der Waals surface area contributed by atoms with Gasteiger partial charge in [0, 0.05) is 16.5 Å². The molecule has 0 saturated heterocycles. The first-order chi connectivity index (χ1) is 7.74. The summed E-state index contributed by atoms with van der Waals surface area (Å²) in [5.74, 6) is 0. The molecule has 2 aromatic carbocycles. The van der Waals surface area contributed by atoms with E-state index in [9.17, 15) is 0 Å². The lowest BCUT2D eigenvalue weighted by Crippen LogP contribution is -1.85. The number of nitrogens with zero attached hydrogens (tertiary/aromatic N) is 1. The Bertz CT molecular complexity index is 623. The zero-order valence-electron chi connectivity index (χ0n) is 9.49. The molecule has 0 fully saturated rings. The number of benzene rings is 2. The molecule has 3 aromatic rings. The van der Waals surface area contributed by atoms with Gasteiger partial charge in [0.15, 0.2) is 0 Å². The minimum absolute atomic E-state index is 1.07. The van der Waals surface area contributed by atoms with Crippen LogP contribution in [0.25, 0.3) is 21.7 Å². The van der Waals surface area contributed by atoms with E-state index in [2.05, 4.69) is 54.4 Å². The van der Waals surface area contributed by atoms with E-state index in [1.807, 2.05) is 6.92 Å². The average molecular weight is 207 g/mol. The fraction of sp³-hybridized carbons (Fsp3) is 0.133. The SMILES string of the molecule is Cc1ccc2ccc3ccc(C)nc3c2c1. The molecule has 0 aliphatic heterocycles. The summed E-state index contributed by atoms with van der Waals surface area (Å²) >= 11 is 0. The second-order valence-corrected chi connectivity index (χ2v) is 4.31. The third kappa shape index (κ3) is 1.36. The molecular formula is C15H13N. The third-order valence-corrected chi connectivity index (χ3v) is 2.97. The summed E-state index contributed by atoms with van der Waals surface area (Å²) in [6.45, 7) is 4.15. The number of aryl methyl sites for hydroxylation is 2. The van der Waals surface area contributed by atoms with E-state index >= 15 is 0 Å². The van der Waals surface area contributed by atoms with Gasteiger partial charge in [-0.2, -0.15) is 0 Å². The maximum absolute atomic E-state index is 4.64. The Kier molecular flexibility index (Phi) is 1.93. The molecule has 1 heteroatoms. The van der Waals surface area contributed by atoms with Crippen LogP contribution in [0.1, 0.15) is 11.3 Å². The van der Waals surface area contributed by atoms with Crippen molar-refractivity contribution in [1.29, 1.82) is 0 Å². The predicted molar refractivity (Wildman–Crippen MR) is 68.7 cm³/mol. The molecule has 1 aromatic heterocycles. The van der Waals surface area contributed by atoms with Gasteiger partial charge in [0.1, 0.15) is 0 Å². The van der Waals surface area contributed by atoms with Crippen molar-refractivity contribution >= 4 is 21.7 Å². The Morgan fingerprint density at radius 1 is 0.812 bits per heavy atom. The third-order valence-electron chi connectivity index (χ3n) is 2.97. The van der Waals surface area contributed by atoms with E-state index in [1.54, 1.807) is 0 Å². The highest BCUT2D eigenvalue weighted by Gasteiger charge is 2.02. The summed E-state index contributed by atoms with van der Waals surface area (Å²) in [5, 5.41) is 3.72. The fourth-order valence-electron chi connectivity index (χ4n) is 2.12. The molecule has 3 rings (SSSR count). The van der Waals surface area contributed by atoms with E-state index in [1.165, 1.54) is 21.7 Å². The number of pyridine rings is 1. The van der Waals surface area contributed by atoms with Crippen LogP contribution in [0.5, 0.6) is 0 Å². The molecule has 0 aliphatic rings. The first-order valence-electron chi connectivity index (χ1n) is 5.51. The average Bonchev–Trinajstić information content (AvgIpc) is 2.29. The molecule has 0 radical (unpaired) electrons. The number of fused-ring (bicyclic) bond motifs is 3. The minimum atomic E-state index is 1.07. The van der Waals surface area contributed by atoms with Gasteiger partial charge in [-0.3, -0.25) is 4.98 Å². The summed E-state index contributed by atoms with van der Waals surface area (Å²) in [4.78, 5) is 4.64. The number of hydrogen-bond acceptors (Lipinski definition) is 1. The molecule has 0 spiro atoms. The number of hydrogen-bond donors (Lipinski definition) is 0. The van der Waals surface area contributed by atoms with Crippen molar-refractivity contribution < 1.29 is 0 Å². The maximum atomic E-state index is 4.64. The van der Waals surface area contributed by atoms with Gasteiger partial charge in [-0.25, -0.2) is 0 Å². The van der Waals surface area contributed by atoms with E-state index in [0.717, 1.165) is 11.2 Å². The second-order valence-electron chi connectivity index (χ2n) is 4.31. The number of aromatic nitrogens is 1. The van der Waals surface area contributed by atoms with Crippen LogP contribution < -0.4 is 0 Å². The second kappa shape index (κ2) is 3.31. The topological polar surface area (TPSA) is 12.9 Å². The van der Waals surface area contributed by atoms with Crippen LogP contribution in [0.4, 0.5) is 0 Å². The Hall–Kier alpha value is -1.89. The first kappa shape index (κ1) is 9.34. The lowest BCUT2D eigenvalue weighted by Gasteiger charge is -2.05. The van der Waals surface area contributed by atoms with Gasteiger partial charge in [0.05, 0.1) is 5.52 Å². The Balaban J connectivity index is 2.55. The van der Waals surface area contributed by atoms with Crippen molar-refractivity contribution in [2.45, 2.75) is 13.8 Å². The van der Waals surface area contributed by atoms with Crippen LogP contribution in [-0.2, 0) is 0 Å². The van der Waals surface area contributed by atoms with Crippen LogP contribution in [0.2, 0.25) is 0 Å². The van der Waals surface area contributed by atoms with Crippen molar-refractivity contribution in [3.8, 4) is 0 Å². The van der Waals surface area contributed by atoms with Gasteiger partial charge in [-0.1, -0.05) is 35.9 Å². The highest BCUT2D eigenvalue weighted by molar-refractivity contribution is 6.05. The van der Waals surface area contributed by atoms with Crippen LogP contribution in [-0.4, -0.2) is 4.98 Å². The monoisotopic (exact) mass is 207 g/mol. The van der Waals surface area contributed by atoms with E-state index in [-0.39, 0.29) is 0 Å². The summed E-state index contributed by atoms with van der Waals surface area (Å²) in [7, 11) is 0. The van der Waals surface area contributed by atoms with Crippen LogP contribution >= 0.6 is 0 Å². The number of rotatable bonds is 0. The molecule has 0 unspecified atom stereocenters. The van der Waals surface area contributed by atoms with Crippen molar-refractivity contribution in [2.75, 3.05) is 0 Å². The highest BCUT2D eigenvalue weighted by atomic mass is 14.7.